The lowest BCUT2D eigenvalue weighted by molar-refractivity contribution is 0.414. The molecular formula is C25H24BFN4O3S. The van der Waals surface area contributed by atoms with Gasteiger partial charge >= 0.3 is 7.12 Å². The van der Waals surface area contributed by atoms with Crippen molar-refractivity contribution in [1.82, 2.24) is 14.5 Å². The van der Waals surface area contributed by atoms with Crippen molar-refractivity contribution >= 4 is 50.3 Å². The third kappa shape index (κ3) is 4.73. The van der Waals surface area contributed by atoms with E-state index in [1.54, 1.807) is 31.4 Å². The van der Waals surface area contributed by atoms with Gasteiger partial charge < -0.3 is 24.3 Å². The van der Waals surface area contributed by atoms with Crippen LogP contribution in [0.3, 0.4) is 0 Å². The van der Waals surface area contributed by atoms with E-state index in [1.807, 2.05) is 41.9 Å². The molecule has 0 spiro atoms. The number of aromatic nitrogens is 3. The summed E-state index contributed by atoms with van der Waals surface area (Å²) in [4.78, 5) is 11.6. The van der Waals surface area contributed by atoms with Gasteiger partial charge in [0.05, 0.1) is 34.9 Å². The standard InChI is InChI=1S/C25H24BFN4O3S/c1-30-22-14-17(26(32)33)8-11-20(22)28-23(30)15-31(13-12-16-6-9-18(34-2)10-7-16)25-29-21-5-3-4-19(27)24(21)35-25/h3-11,14,32-33H,12-13,15H2,1-2H3. The van der Waals surface area contributed by atoms with E-state index in [9.17, 15) is 14.4 Å². The molecule has 0 radical (unpaired) electrons. The SMILES string of the molecule is COc1ccc(CCN(Cc2nc3ccc(B(O)O)cc3n2C)c2nc3cccc(F)c3s2)cc1. The predicted molar refractivity (Wildman–Crippen MR) is 138 cm³/mol. The van der Waals surface area contributed by atoms with Gasteiger partial charge in [-0.3, -0.25) is 0 Å². The fourth-order valence-corrected chi connectivity index (χ4v) is 5.06. The second-order valence-corrected chi connectivity index (χ2v) is 9.29. The average Bonchev–Trinajstić information content (AvgIpc) is 3.44. The van der Waals surface area contributed by atoms with Crippen molar-refractivity contribution in [1.29, 1.82) is 0 Å². The Labute approximate surface area is 206 Å². The fraction of sp³-hybridized carbons (Fsp3) is 0.200. The molecule has 178 valence electrons. The number of ether oxygens (including phenoxy) is 1. The van der Waals surface area contributed by atoms with E-state index >= 15 is 0 Å². The van der Waals surface area contributed by atoms with Crippen LogP contribution in [0.5, 0.6) is 5.75 Å². The molecule has 0 aliphatic carbocycles. The first kappa shape index (κ1) is 23.3. The van der Waals surface area contributed by atoms with Crippen LogP contribution in [0, 0.1) is 5.82 Å². The number of halogens is 1. The molecule has 0 unspecified atom stereocenters. The Morgan fingerprint density at radius 2 is 1.86 bits per heavy atom. The van der Waals surface area contributed by atoms with Crippen molar-refractivity contribution in [3.8, 4) is 5.75 Å². The van der Waals surface area contributed by atoms with Gasteiger partial charge in [0.25, 0.3) is 0 Å². The quantitative estimate of drug-likeness (QED) is 0.325. The van der Waals surface area contributed by atoms with Gasteiger partial charge in [-0.25, -0.2) is 14.4 Å². The van der Waals surface area contributed by atoms with Gasteiger partial charge in [0.15, 0.2) is 5.13 Å². The van der Waals surface area contributed by atoms with Crippen molar-refractivity contribution in [2.75, 3.05) is 18.6 Å². The highest BCUT2D eigenvalue weighted by atomic mass is 32.1. The van der Waals surface area contributed by atoms with Gasteiger partial charge in [0.1, 0.15) is 17.4 Å². The lowest BCUT2D eigenvalue weighted by Crippen LogP contribution is -2.29. The first-order valence-electron chi connectivity index (χ1n) is 11.2. The number of anilines is 1. The van der Waals surface area contributed by atoms with Crippen molar-refractivity contribution < 1.29 is 19.2 Å². The molecule has 2 aromatic heterocycles. The monoisotopic (exact) mass is 490 g/mol. The first-order chi connectivity index (χ1) is 16.9. The molecule has 0 fully saturated rings. The Hall–Kier alpha value is -3.47. The van der Waals surface area contributed by atoms with E-state index in [2.05, 4.69) is 4.90 Å². The molecule has 0 saturated carbocycles. The van der Waals surface area contributed by atoms with Crippen molar-refractivity contribution in [3.63, 3.8) is 0 Å². The summed E-state index contributed by atoms with van der Waals surface area (Å²) in [5.41, 5.74) is 3.75. The zero-order chi connectivity index (χ0) is 24.5. The van der Waals surface area contributed by atoms with Crippen molar-refractivity contribution in [2.24, 2.45) is 7.05 Å². The Morgan fingerprint density at radius 1 is 1.06 bits per heavy atom. The normalized spacial score (nSPS) is 11.3. The number of hydrogen-bond acceptors (Lipinski definition) is 7. The van der Waals surface area contributed by atoms with Crippen LogP contribution < -0.4 is 15.1 Å². The molecule has 0 bridgehead atoms. The number of methoxy groups -OCH3 is 1. The molecule has 3 aromatic carbocycles. The average molecular weight is 490 g/mol. The molecule has 5 rings (SSSR count). The zero-order valence-corrected chi connectivity index (χ0v) is 20.2. The molecule has 2 heterocycles. The number of fused-ring (bicyclic) bond motifs is 2. The minimum atomic E-state index is -1.55. The van der Waals surface area contributed by atoms with Crippen LogP contribution in [0.1, 0.15) is 11.4 Å². The summed E-state index contributed by atoms with van der Waals surface area (Å²) in [7, 11) is 2.00. The van der Waals surface area contributed by atoms with Crippen molar-refractivity contribution in [2.45, 2.75) is 13.0 Å². The first-order valence-corrected chi connectivity index (χ1v) is 12.0. The molecule has 5 aromatic rings. The van der Waals surface area contributed by atoms with Gasteiger partial charge in [-0.15, -0.1) is 0 Å². The molecule has 0 saturated heterocycles. The molecule has 0 aliphatic rings. The zero-order valence-electron chi connectivity index (χ0n) is 19.3. The molecule has 7 nitrogen and oxygen atoms in total. The predicted octanol–water partition coefficient (Wildman–Crippen LogP) is 3.26. The number of benzene rings is 3. The van der Waals surface area contributed by atoms with Gasteiger partial charge in [-0.2, -0.15) is 0 Å². The van der Waals surface area contributed by atoms with Crippen LogP contribution in [0.25, 0.3) is 21.3 Å². The summed E-state index contributed by atoms with van der Waals surface area (Å²) in [6.07, 6.45) is 0.757. The molecule has 2 N–H and O–H groups in total. The lowest BCUT2D eigenvalue weighted by Gasteiger charge is -2.21. The van der Waals surface area contributed by atoms with Crippen LogP contribution in [-0.2, 0) is 20.0 Å². The summed E-state index contributed by atoms with van der Waals surface area (Å²) < 4.78 is 22.1. The van der Waals surface area contributed by atoms with Crippen molar-refractivity contribution in [3.05, 3.63) is 77.9 Å². The minimum absolute atomic E-state index is 0.279. The highest BCUT2D eigenvalue weighted by Gasteiger charge is 2.19. The third-order valence-electron chi connectivity index (χ3n) is 6.08. The second kappa shape index (κ2) is 9.65. The van der Waals surface area contributed by atoms with E-state index in [-0.39, 0.29) is 5.82 Å². The minimum Gasteiger partial charge on any atom is -0.497 e. The Kier molecular flexibility index (Phi) is 6.42. The summed E-state index contributed by atoms with van der Waals surface area (Å²) in [5.74, 6) is 1.32. The summed E-state index contributed by atoms with van der Waals surface area (Å²) in [6, 6.07) is 18.0. The summed E-state index contributed by atoms with van der Waals surface area (Å²) in [6.45, 7) is 1.11. The molecule has 35 heavy (non-hydrogen) atoms. The van der Waals surface area contributed by atoms with Crippen LogP contribution in [0.4, 0.5) is 9.52 Å². The Morgan fingerprint density at radius 3 is 2.57 bits per heavy atom. The van der Waals surface area contributed by atoms with Gasteiger partial charge in [0.2, 0.25) is 0 Å². The van der Waals surface area contributed by atoms with Gasteiger partial charge in [-0.05, 0) is 53.8 Å². The van der Waals surface area contributed by atoms with Crippen LogP contribution >= 0.6 is 11.3 Å². The smallest absolute Gasteiger partial charge is 0.488 e. The summed E-state index contributed by atoms with van der Waals surface area (Å²) >= 11 is 1.33. The maximum absolute atomic E-state index is 14.4. The molecule has 0 aliphatic heterocycles. The van der Waals surface area contributed by atoms with E-state index in [0.29, 0.717) is 28.8 Å². The topological polar surface area (TPSA) is 83.6 Å². The summed E-state index contributed by atoms with van der Waals surface area (Å²) in [5, 5.41) is 19.8. The largest absolute Gasteiger partial charge is 0.497 e. The molecule has 0 atom stereocenters. The van der Waals surface area contributed by atoms with E-state index in [0.717, 1.165) is 39.7 Å². The second-order valence-electron chi connectivity index (χ2n) is 8.31. The van der Waals surface area contributed by atoms with Crippen LogP contribution in [0.15, 0.2) is 60.7 Å². The van der Waals surface area contributed by atoms with Crippen LogP contribution in [-0.4, -0.2) is 45.4 Å². The Bertz CT molecular complexity index is 1490. The van der Waals surface area contributed by atoms with Crippen LogP contribution in [0.2, 0.25) is 0 Å². The fourth-order valence-electron chi connectivity index (χ4n) is 4.07. The number of hydrogen-bond donors (Lipinski definition) is 2. The number of thiazole rings is 1. The van der Waals surface area contributed by atoms with Gasteiger partial charge in [-0.1, -0.05) is 35.6 Å². The number of aryl methyl sites for hydroxylation is 1. The van der Waals surface area contributed by atoms with E-state index in [4.69, 9.17) is 14.7 Å². The molecule has 0 amide bonds. The lowest BCUT2D eigenvalue weighted by atomic mass is 9.80. The number of rotatable bonds is 8. The number of imidazole rings is 1. The highest BCUT2D eigenvalue weighted by Crippen LogP contribution is 2.32. The Balaban J connectivity index is 1.48. The molecular weight excluding hydrogens is 466 g/mol. The maximum Gasteiger partial charge on any atom is 0.488 e. The van der Waals surface area contributed by atoms with E-state index in [1.165, 1.54) is 17.4 Å². The maximum atomic E-state index is 14.4. The third-order valence-corrected chi connectivity index (χ3v) is 7.22. The highest BCUT2D eigenvalue weighted by molar-refractivity contribution is 7.22. The molecule has 10 heteroatoms. The number of nitrogens with zero attached hydrogens (tertiary/aromatic N) is 4. The van der Waals surface area contributed by atoms with Gasteiger partial charge in [0, 0.05) is 13.6 Å². The van der Waals surface area contributed by atoms with E-state index < -0.39 is 7.12 Å².